The molecule has 2 nitrogen and oxygen atoms in total. The third-order valence-electron chi connectivity index (χ3n) is 3.99. The number of hydrogen-bond acceptors (Lipinski definition) is 2. The SMILES string of the molecule is CC(C)CC(=O)C1C2CC1N(CC(C)C)C2. The number of Topliss-reactive ketones (excluding diaryl/α,β-unsaturated/α-hetero) is 1. The van der Waals surface area contributed by atoms with Gasteiger partial charge in [-0.25, -0.2) is 0 Å². The molecule has 0 N–H and O–H groups in total. The number of fused-ring (bicyclic) bond motifs is 1. The highest BCUT2D eigenvalue weighted by atomic mass is 16.1. The van der Waals surface area contributed by atoms with Gasteiger partial charge in [0, 0.05) is 31.5 Å². The molecule has 92 valence electrons. The summed E-state index contributed by atoms with van der Waals surface area (Å²) in [6.45, 7) is 11.2. The average molecular weight is 223 g/mol. The largest absolute Gasteiger partial charge is 0.299 e. The van der Waals surface area contributed by atoms with Crippen molar-refractivity contribution in [2.24, 2.45) is 23.7 Å². The molecule has 0 aromatic heterocycles. The van der Waals surface area contributed by atoms with Crippen molar-refractivity contribution in [2.45, 2.75) is 46.6 Å². The molecule has 2 bridgehead atoms. The first-order valence-corrected chi connectivity index (χ1v) is 6.75. The minimum absolute atomic E-state index is 0.390. The Balaban J connectivity index is 1.89. The molecule has 0 spiro atoms. The fourth-order valence-electron chi connectivity index (χ4n) is 3.42. The van der Waals surface area contributed by atoms with Crippen molar-refractivity contribution in [2.75, 3.05) is 13.1 Å². The molecule has 2 saturated heterocycles. The van der Waals surface area contributed by atoms with Crippen LogP contribution in [0, 0.1) is 23.7 Å². The predicted octanol–water partition coefficient (Wildman–Crippen LogP) is 2.58. The van der Waals surface area contributed by atoms with Crippen molar-refractivity contribution in [3.8, 4) is 0 Å². The second-order valence-electron chi connectivity index (χ2n) is 6.50. The first kappa shape index (κ1) is 12.1. The summed E-state index contributed by atoms with van der Waals surface area (Å²) in [4.78, 5) is 14.7. The second kappa shape index (κ2) is 4.48. The van der Waals surface area contributed by atoms with E-state index in [1.165, 1.54) is 19.5 Å². The van der Waals surface area contributed by atoms with Crippen LogP contribution in [0.2, 0.25) is 0 Å². The van der Waals surface area contributed by atoms with E-state index in [1.807, 2.05) is 0 Å². The minimum Gasteiger partial charge on any atom is -0.299 e. The van der Waals surface area contributed by atoms with Crippen LogP contribution in [0.15, 0.2) is 0 Å². The lowest BCUT2D eigenvalue weighted by Gasteiger charge is -2.36. The number of rotatable bonds is 5. The van der Waals surface area contributed by atoms with Crippen molar-refractivity contribution < 1.29 is 4.79 Å². The molecule has 3 rings (SSSR count). The summed E-state index contributed by atoms with van der Waals surface area (Å²) >= 11 is 0. The summed E-state index contributed by atoms with van der Waals surface area (Å²) in [5.41, 5.74) is 0. The predicted molar refractivity (Wildman–Crippen MR) is 66.3 cm³/mol. The normalized spacial score (nSPS) is 33.5. The van der Waals surface area contributed by atoms with E-state index in [1.54, 1.807) is 0 Å². The zero-order chi connectivity index (χ0) is 11.9. The van der Waals surface area contributed by atoms with Gasteiger partial charge in [0.05, 0.1) is 0 Å². The van der Waals surface area contributed by atoms with Crippen LogP contribution >= 0.6 is 0 Å². The van der Waals surface area contributed by atoms with Crippen LogP contribution in [0.5, 0.6) is 0 Å². The van der Waals surface area contributed by atoms with Crippen LogP contribution < -0.4 is 0 Å². The lowest BCUT2D eigenvalue weighted by atomic mass is 9.70. The number of ketones is 1. The van der Waals surface area contributed by atoms with Crippen LogP contribution in [0.25, 0.3) is 0 Å². The van der Waals surface area contributed by atoms with Gasteiger partial charge in [0.1, 0.15) is 5.78 Å². The summed E-state index contributed by atoms with van der Waals surface area (Å²) in [5, 5.41) is 0. The van der Waals surface area contributed by atoms with Crippen LogP contribution in [0.4, 0.5) is 0 Å². The fraction of sp³-hybridized carbons (Fsp3) is 0.929. The Morgan fingerprint density at radius 3 is 2.50 bits per heavy atom. The Labute approximate surface area is 99.4 Å². The average Bonchev–Trinajstić information content (AvgIpc) is 2.57. The highest BCUT2D eigenvalue weighted by Crippen LogP contribution is 2.47. The lowest BCUT2D eigenvalue weighted by molar-refractivity contribution is -0.128. The second-order valence-corrected chi connectivity index (χ2v) is 6.50. The monoisotopic (exact) mass is 223 g/mol. The van der Waals surface area contributed by atoms with Crippen molar-refractivity contribution in [1.82, 2.24) is 4.90 Å². The summed E-state index contributed by atoms with van der Waals surface area (Å²) in [6, 6.07) is 0.596. The molecule has 3 atom stereocenters. The molecule has 3 unspecified atom stereocenters. The van der Waals surface area contributed by atoms with E-state index in [9.17, 15) is 4.79 Å². The summed E-state index contributed by atoms with van der Waals surface area (Å²) < 4.78 is 0. The van der Waals surface area contributed by atoms with Gasteiger partial charge in [-0.1, -0.05) is 27.7 Å². The smallest absolute Gasteiger partial charge is 0.138 e. The Bertz CT molecular complexity index is 272. The molecule has 2 aliphatic heterocycles. The quantitative estimate of drug-likeness (QED) is 0.714. The Kier molecular flexibility index (Phi) is 3.39. The van der Waals surface area contributed by atoms with E-state index < -0.39 is 0 Å². The van der Waals surface area contributed by atoms with Crippen LogP contribution in [-0.2, 0) is 4.79 Å². The lowest BCUT2D eigenvalue weighted by Crippen LogP contribution is -2.44. The Morgan fingerprint density at radius 2 is 1.94 bits per heavy atom. The molecule has 0 radical (unpaired) electrons. The molecule has 1 saturated carbocycles. The van der Waals surface area contributed by atoms with E-state index in [-0.39, 0.29) is 0 Å². The molecule has 3 fully saturated rings. The maximum atomic E-state index is 12.1. The first-order valence-electron chi connectivity index (χ1n) is 6.75. The standard InChI is InChI=1S/C14H25NO/c1-9(2)5-13(16)14-11-6-12(14)15(8-11)7-10(3)4/h9-12,14H,5-8H2,1-4H3. The van der Waals surface area contributed by atoms with E-state index >= 15 is 0 Å². The van der Waals surface area contributed by atoms with Gasteiger partial charge in [-0.15, -0.1) is 0 Å². The van der Waals surface area contributed by atoms with Gasteiger partial charge < -0.3 is 0 Å². The minimum atomic E-state index is 0.390. The van der Waals surface area contributed by atoms with Gasteiger partial charge >= 0.3 is 0 Å². The molecular weight excluding hydrogens is 198 g/mol. The van der Waals surface area contributed by atoms with E-state index in [0.717, 1.165) is 12.3 Å². The molecule has 0 aromatic carbocycles. The maximum Gasteiger partial charge on any atom is 0.138 e. The van der Waals surface area contributed by atoms with E-state index in [2.05, 4.69) is 32.6 Å². The molecule has 0 amide bonds. The molecule has 2 heterocycles. The third kappa shape index (κ3) is 2.17. The molecule has 1 aliphatic carbocycles. The van der Waals surface area contributed by atoms with Gasteiger partial charge in [0.25, 0.3) is 0 Å². The Hall–Kier alpha value is -0.370. The van der Waals surface area contributed by atoms with Crippen molar-refractivity contribution in [3.63, 3.8) is 0 Å². The fourth-order valence-corrected chi connectivity index (χ4v) is 3.42. The van der Waals surface area contributed by atoms with Crippen LogP contribution in [-0.4, -0.2) is 29.8 Å². The summed E-state index contributed by atoms with van der Waals surface area (Å²) in [6.07, 6.45) is 2.06. The topological polar surface area (TPSA) is 20.3 Å². The molecule has 0 aromatic rings. The maximum absolute atomic E-state index is 12.1. The van der Waals surface area contributed by atoms with Crippen LogP contribution in [0.3, 0.4) is 0 Å². The first-order chi connectivity index (χ1) is 7.49. The van der Waals surface area contributed by atoms with Gasteiger partial charge in [0.15, 0.2) is 0 Å². The van der Waals surface area contributed by atoms with Gasteiger partial charge in [-0.05, 0) is 24.2 Å². The third-order valence-corrected chi connectivity index (χ3v) is 3.99. The number of nitrogens with zero attached hydrogens (tertiary/aromatic N) is 1. The zero-order valence-corrected chi connectivity index (χ0v) is 11.1. The highest BCUT2D eigenvalue weighted by molar-refractivity contribution is 5.83. The molecular formula is C14H25NO. The number of hydrogen-bond donors (Lipinski definition) is 0. The Morgan fingerprint density at radius 1 is 1.25 bits per heavy atom. The van der Waals surface area contributed by atoms with Gasteiger partial charge in [-0.3, -0.25) is 9.69 Å². The van der Waals surface area contributed by atoms with Crippen LogP contribution in [0.1, 0.15) is 40.5 Å². The number of carbonyl (C=O) groups is 1. The highest BCUT2D eigenvalue weighted by Gasteiger charge is 2.54. The van der Waals surface area contributed by atoms with Crippen molar-refractivity contribution in [3.05, 3.63) is 0 Å². The number of carbonyl (C=O) groups excluding carboxylic acids is 1. The summed E-state index contributed by atoms with van der Waals surface area (Å²) in [7, 11) is 0. The molecule has 3 aliphatic rings. The van der Waals surface area contributed by atoms with Crippen molar-refractivity contribution >= 4 is 5.78 Å². The van der Waals surface area contributed by atoms with Gasteiger partial charge in [0.2, 0.25) is 0 Å². The van der Waals surface area contributed by atoms with Crippen molar-refractivity contribution in [1.29, 1.82) is 0 Å². The van der Waals surface area contributed by atoms with Gasteiger partial charge in [-0.2, -0.15) is 0 Å². The van der Waals surface area contributed by atoms with E-state index in [0.29, 0.717) is 29.6 Å². The zero-order valence-electron chi connectivity index (χ0n) is 11.1. The molecule has 16 heavy (non-hydrogen) atoms. The molecule has 2 heteroatoms. The summed E-state index contributed by atoms with van der Waals surface area (Å²) in [5.74, 6) is 2.85. The van der Waals surface area contributed by atoms with E-state index in [4.69, 9.17) is 0 Å².